The Bertz CT molecular complexity index is 1260. The van der Waals surface area contributed by atoms with Gasteiger partial charge in [0.1, 0.15) is 22.9 Å². The molecule has 1 aromatic heterocycles. The smallest absolute Gasteiger partial charge is 0.321 e. The summed E-state index contributed by atoms with van der Waals surface area (Å²) in [5.74, 6) is 0.0739. The molecule has 0 bridgehead atoms. The molecule has 4 rings (SSSR count). The predicted molar refractivity (Wildman–Crippen MR) is 115 cm³/mol. The van der Waals surface area contributed by atoms with Gasteiger partial charge >= 0.3 is 5.97 Å². The summed E-state index contributed by atoms with van der Waals surface area (Å²) in [5, 5.41) is 0.417. The number of thioether (sulfide) groups is 1. The second-order valence-corrected chi connectivity index (χ2v) is 7.65. The van der Waals surface area contributed by atoms with Crippen molar-refractivity contribution < 1.29 is 18.3 Å². The van der Waals surface area contributed by atoms with E-state index in [-0.39, 0.29) is 17.0 Å². The van der Waals surface area contributed by atoms with Gasteiger partial charge in [-0.15, -0.1) is 11.8 Å². The minimum Gasteiger partial charge on any atom is -0.460 e. The van der Waals surface area contributed by atoms with Crippen LogP contribution in [-0.4, -0.2) is 11.7 Å². The highest BCUT2D eigenvalue weighted by atomic mass is 32.2. The van der Waals surface area contributed by atoms with Crippen molar-refractivity contribution in [3.05, 3.63) is 94.6 Å². The van der Waals surface area contributed by atoms with E-state index in [2.05, 4.69) is 0 Å². The van der Waals surface area contributed by atoms with Crippen LogP contribution < -0.4 is 10.2 Å². The molecule has 0 fully saturated rings. The van der Waals surface area contributed by atoms with E-state index in [1.54, 1.807) is 37.3 Å². The Labute approximate surface area is 176 Å². The van der Waals surface area contributed by atoms with Crippen LogP contribution in [0.5, 0.6) is 5.75 Å². The first-order valence-corrected chi connectivity index (χ1v) is 10.2. The molecule has 150 valence electrons. The molecule has 0 saturated heterocycles. The Morgan fingerprint density at radius 2 is 1.77 bits per heavy atom. The topological polar surface area (TPSA) is 56.5 Å². The summed E-state index contributed by atoms with van der Waals surface area (Å²) >= 11 is 1.25. The van der Waals surface area contributed by atoms with Crippen molar-refractivity contribution in [2.75, 3.05) is 5.75 Å². The molecular weight excluding hydrogens is 403 g/mol. The molecule has 4 aromatic rings. The lowest BCUT2D eigenvalue weighted by molar-refractivity contribution is -0.131. The van der Waals surface area contributed by atoms with Crippen molar-refractivity contribution in [3.8, 4) is 16.9 Å². The summed E-state index contributed by atoms with van der Waals surface area (Å²) in [6, 6.07) is 19.9. The van der Waals surface area contributed by atoms with Crippen LogP contribution in [0.15, 0.2) is 86.9 Å². The van der Waals surface area contributed by atoms with Crippen LogP contribution in [0.1, 0.15) is 5.76 Å². The van der Waals surface area contributed by atoms with Gasteiger partial charge in [-0.1, -0.05) is 30.3 Å². The molecule has 0 atom stereocenters. The van der Waals surface area contributed by atoms with Crippen molar-refractivity contribution in [1.82, 2.24) is 0 Å². The SMILES string of the molecule is Cc1oc2cc(OC(=O)CSc3ccc(F)cc3)ccc2c(=O)c1-c1ccccc1. The number of ether oxygens (including phenoxy) is 1. The van der Waals surface area contributed by atoms with Gasteiger partial charge in [0, 0.05) is 11.0 Å². The first kappa shape index (κ1) is 19.9. The van der Waals surface area contributed by atoms with Gasteiger partial charge in [0.2, 0.25) is 5.43 Å². The Kier molecular flexibility index (Phi) is 5.68. The number of fused-ring (bicyclic) bond motifs is 1. The fourth-order valence-electron chi connectivity index (χ4n) is 3.12. The van der Waals surface area contributed by atoms with Crippen LogP contribution in [0, 0.1) is 12.7 Å². The van der Waals surface area contributed by atoms with E-state index < -0.39 is 5.97 Å². The van der Waals surface area contributed by atoms with E-state index in [1.807, 2.05) is 30.3 Å². The van der Waals surface area contributed by atoms with Crippen LogP contribution in [0.2, 0.25) is 0 Å². The second-order valence-electron chi connectivity index (χ2n) is 6.60. The van der Waals surface area contributed by atoms with E-state index in [0.717, 1.165) is 10.5 Å². The van der Waals surface area contributed by atoms with E-state index in [4.69, 9.17) is 9.15 Å². The van der Waals surface area contributed by atoms with Gasteiger partial charge in [-0.3, -0.25) is 9.59 Å². The minimum absolute atomic E-state index is 0.0690. The van der Waals surface area contributed by atoms with Crippen LogP contribution in [0.3, 0.4) is 0 Å². The largest absolute Gasteiger partial charge is 0.460 e. The molecule has 0 unspecified atom stereocenters. The molecule has 6 heteroatoms. The minimum atomic E-state index is -0.455. The maximum Gasteiger partial charge on any atom is 0.321 e. The number of halogens is 1. The number of esters is 1. The highest BCUT2D eigenvalue weighted by Crippen LogP contribution is 2.26. The Morgan fingerprint density at radius 1 is 1.03 bits per heavy atom. The third kappa shape index (κ3) is 4.28. The van der Waals surface area contributed by atoms with Crippen LogP contribution in [0.25, 0.3) is 22.1 Å². The lowest BCUT2D eigenvalue weighted by atomic mass is 10.0. The summed E-state index contributed by atoms with van der Waals surface area (Å²) in [5.41, 5.74) is 1.53. The first-order chi connectivity index (χ1) is 14.5. The summed E-state index contributed by atoms with van der Waals surface area (Å²) in [7, 11) is 0. The number of rotatable bonds is 5. The molecule has 3 aromatic carbocycles. The average molecular weight is 420 g/mol. The first-order valence-electron chi connectivity index (χ1n) is 9.23. The van der Waals surface area contributed by atoms with Crippen molar-refractivity contribution in [2.45, 2.75) is 11.8 Å². The number of aryl methyl sites for hydroxylation is 1. The van der Waals surface area contributed by atoms with Crippen LogP contribution in [-0.2, 0) is 4.79 Å². The maximum absolute atomic E-state index is 13.0. The highest BCUT2D eigenvalue weighted by molar-refractivity contribution is 8.00. The molecule has 1 heterocycles. The molecule has 0 aliphatic rings. The average Bonchev–Trinajstić information content (AvgIpc) is 2.74. The Hall–Kier alpha value is -3.38. The van der Waals surface area contributed by atoms with Gasteiger partial charge in [-0.2, -0.15) is 0 Å². The molecule has 0 saturated carbocycles. The van der Waals surface area contributed by atoms with E-state index in [1.165, 1.54) is 23.9 Å². The monoisotopic (exact) mass is 420 g/mol. The normalized spacial score (nSPS) is 10.9. The fraction of sp³-hybridized carbons (Fsp3) is 0.0833. The van der Waals surface area contributed by atoms with E-state index in [0.29, 0.717) is 28.0 Å². The molecule has 0 spiro atoms. The van der Waals surface area contributed by atoms with E-state index in [9.17, 15) is 14.0 Å². The molecular formula is C24H17FO4S. The summed E-state index contributed by atoms with van der Waals surface area (Å²) < 4.78 is 24.2. The number of hydrogen-bond donors (Lipinski definition) is 0. The zero-order chi connectivity index (χ0) is 21.1. The molecule has 30 heavy (non-hydrogen) atoms. The number of carbonyl (C=O) groups excluding carboxylic acids is 1. The number of carbonyl (C=O) groups is 1. The number of benzene rings is 3. The standard InChI is InChI=1S/C24H17FO4S/c1-15-23(16-5-3-2-4-6-16)24(27)20-12-9-18(13-21(20)28-15)29-22(26)14-30-19-10-7-17(25)8-11-19/h2-13H,14H2,1H3. The zero-order valence-corrected chi connectivity index (χ0v) is 16.9. The van der Waals surface area contributed by atoms with Crippen molar-refractivity contribution in [3.63, 3.8) is 0 Å². The Morgan fingerprint density at radius 3 is 2.50 bits per heavy atom. The molecule has 0 radical (unpaired) electrons. The van der Waals surface area contributed by atoms with Crippen molar-refractivity contribution >= 4 is 28.7 Å². The molecule has 0 aliphatic carbocycles. The molecule has 4 nitrogen and oxygen atoms in total. The maximum atomic E-state index is 13.0. The van der Waals surface area contributed by atoms with Gasteiger partial charge in [0.05, 0.1) is 16.7 Å². The summed E-state index contributed by atoms with van der Waals surface area (Å²) in [6.07, 6.45) is 0. The lowest BCUT2D eigenvalue weighted by Crippen LogP contribution is -2.11. The quantitative estimate of drug-likeness (QED) is 0.239. The summed E-state index contributed by atoms with van der Waals surface area (Å²) in [4.78, 5) is 25.9. The summed E-state index contributed by atoms with van der Waals surface area (Å²) in [6.45, 7) is 1.74. The third-order valence-corrected chi connectivity index (χ3v) is 5.49. The molecule has 0 aliphatic heterocycles. The third-order valence-electron chi connectivity index (χ3n) is 4.50. The molecule has 0 N–H and O–H groups in total. The van der Waals surface area contributed by atoms with Gasteiger partial charge in [0.15, 0.2) is 0 Å². The van der Waals surface area contributed by atoms with Gasteiger partial charge in [0.25, 0.3) is 0 Å². The van der Waals surface area contributed by atoms with Crippen LogP contribution in [0.4, 0.5) is 4.39 Å². The van der Waals surface area contributed by atoms with Gasteiger partial charge in [-0.25, -0.2) is 4.39 Å². The van der Waals surface area contributed by atoms with E-state index >= 15 is 0 Å². The second kappa shape index (κ2) is 8.55. The number of hydrogen-bond acceptors (Lipinski definition) is 5. The molecule has 0 amide bonds. The predicted octanol–water partition coefficient (Wildman–Crippen LogP) is 5.61. The zero-order valence-electron chi connectivity index (χ0n) is 16.1. The van der Waals surface area contributed by atoms with Gasteiger partial charge in [-0.05, 0) is 48.9 Å². The van der Waals surface area contributed by atoms with Crippen LogP contribution >= 0.6 is 11.8 Å². The fourth-order valence-corrected chi connectivity index (χ4v) is 3.79. The Balaban J connectivity index is 1.54. The van der Waals surface area contributed by atoms with Crippen molar-refractivity contribution in [2.24, 2.45) is 0 Å². The van der Waals surface area contributed by atoms with Crippen molar-refractivity contribution in [1.29, 1.82) is 0 Å². The highest BCUT2D eigenvalue weighted by Gasteiger charge is 2.15. The van der Waals surface area contributed by atoms with Gasteiger partial charge < -0.3 is 9.15 Å². The lowest BCUT2D eigenvalue weighted by Gasteiger charge is -2.09.